The summed E-state index contributed by atoms with van der Waals surface area (Å²) in [7, 11) is 0. The zero-order valence-corrected chi connectivity index (χ0v) is 16.7. The minimum absolute atomic E-state index is 0.291. The molecule has 0 aromatic rings. The molecule has 2 saturated carbocycles. The van der Waals surface area contributed by atoms with Crippen molar-refractivity contribution < 1.29 is 4.79 Å². The first kappa shape index (κ1) is 19.5. The van der Waals surface area contributed by atoms with Crippen LogP contribution >= 0.6 is 0 Å². The molecule has 3 atom stereocenters. The molecule has 0 bridgehead atoms. The summed E-state index contributed by atoms with van der Waals surface area (Å²) in [6.45, 7) is 15.9. The van der Waals surface area contributed by atoms with E-state index in [2.05, 4.69) is 40.3 Å². The Morgan fingerprint density at radius 2 is 1.92 bits per heavy atom. The van der Waals surface area contributed by atoms with Gasteiger partial charge in [-0.15, -0.1) is 0 Å². The van der Waals surface area contributed by atoms with Crippen molar-refractivity contribution >= 4 is 5.78 Å². The molecule has 2 fully saturated rings. The third kappa shape index (κ3) is 4.21. The van der Waals surface area contributed by atoms with E-state index in [0.29, 0.717) is 29.0 Å². The molecule has 0 unspecified atom stereocenters. The van der Waals surface area contributed by atoms with Gasteiger partial charge in [-0.25, -0.2) is 0 Å². The molecule has 0 aromatic heterocycles. The highest BCUT2D eigenvalue weighted by Gasteiger charge is 2.52. The smallest absolute Gasteiger partial charge is 0.130 e. The third-order valence-corrected chi connectivity index (χ3v) is 7.14. The number of hydrogen-bond donors (Lipinski definition) is 0. The number of allylic oxidation sites excluding steroid dienone is 3. The largest absolute Gasteiger partial charge is 0.300 e. The van der Waals surface area contributed by atoms with Crippen LogP contribution in [0.15, 0.2) is 23.8 Å². The van der Waals surface area contributed by atoms with E-state index in [1.165, 1.54) is 49.7 Å². The van der Waals surface area contributed by atoms with Gasteiger partial charge in [0.1, 0.15) is 5.78 Å². The zero-order valence-electron chi connectivity index (χ0n) is 16.7. The molecule has 0 N–H and O–H groups in total. The van der Waals surface area contributed by atoms with Crippen LogP contribution in [0, 0.1) is 22.7 Å². The molecule has 136 valence electrons. The molecule has 1 nitrogen and oxygen atoms in total. The van der Waals surface area contributed by atoms with Crippen molar-refractivity contribution in [3.8, 4) is 0 Å². The van der Waals surface area contributed by atoms with Crippen molar-refractivity contribution in [2.24, 2.45) is 22.7 Å². The number of carbonyl (C=O) groups is 1. The van der Waals surface area contributed by atoms with Crippen LogP contribution < -0.4 is 0 Å². The van der Waals surface area contributed by atoms with Crippen LogP contribution in [-0.4, -0.2) is 5.78 Å². The Morgan fingerprint density at radius 1 is 1.21 bits per heavy atom. The van der Waals surface area contributed by atoms with Crippen molar-refractivity contribution in [1.82, 2.24) is 0 Å². The maximum atomic E-state index is 11.1. The predicted molar refractivity (Wildman–Crippen MR) is 104 cm³/mol. The van der Waals surface area contributed by atoms with Gasteiger partial charge in [0.25, 0.3) is 0 Å². The van der Waals surface area contributed by atoms with E-state index in [0.717, 1.165) is 18.8 Å². The minimum Gasteiger partial charge on any atom is -0.300 e. The van der Waals surface area contributed by atoms with Gasteiger partial charge in [-0.05, 0) is 81.5 Å². The lowest BCUT2D eigenvalue weighted by molar-refractivity contribution is -0.116. The summed E-state index contributed by atoms with van der Waals surface area (Å²) in [5.41, 5.74) is 3.88. The van der Waals surface area contributed by atoms with E-state index in [1.807, 2.05) is 0 Å². The summed E-state index contributed by atoms with van der Waals surface area (Å²) in [5, 5.41) is 0. The first-order valence-corrected chi connectivity index (χ1v) is 9.99. The van der Waals surface area contributed by atoms with Crippen LogP contribution in [-0.2, 0) is 4.79 Å². The Hall–Kier alpha value is -0.850. The van der Waals surface area contributed by atoms with Gasteiger partial charge in [-0.3, -0.25) is 0 Å². The lowest BCUT2D eigenvalue weighted by atomic mass is 9.47. The van der Waals surface area contributed by atoms with Gasteiger partial charge in [0.05, 0.1) is 0 Å². The van der Waals surface area contributed by atoms with E-state index >= 15 is 0 Å². The second-order valence-electron chi connectivity index (χ2n) is 9.48. The topological polar surface area (TPSA) is 17.1 Å². The van der Waals surface area contributed by atoms with Gasteiger partial charge in [-0.2, -0.15) is 0 Å². The molecular formula is C23H38O. The molecule has 1 heteroatoms. The molecule has 0 aliphatic heterocycles. The van der Waals surface area contributed by atoms with E-state index < -0.39 is 0 Å². The number of rotatable bonds is 6. The molecule has 0 saturated heterocycles. The minimum atomic E-state index is 0.291. The van der Waals surface area contributed by atoms with Crippen molar-refractivity contribution in [1.29, 1.82) is 0 Å². The van der Waals surface area contributed by atoms with Crippen LogP contribution in [0.4, 0.5) is 0 Å². The molecule has 0 radical (unpaired) electrons. The van der Waals surface area contributed by atoms with E-state index in [9.17, 15) is 4.79 Å². The number of carbonyl (C=O) groups excluding carboxylic acids is 1. The van der Waals surface area contributed by atoms with Gasteiger partial charge in [0.2, 0.25) is 0 Å². The van der Waals surface area contributed by atoms with Gasteiger partial charge in [0.15, 0.2) is 0 Å². The van der Waals surface area contributed by atoms with E-state index in [-0.39, 0.29) is 0 Å². The Labute approximate surface area is 150 Å². The van der Waals surface area contributed by atoms with Crippen molar-refractivity contribution in [3.05, 3.63) is 23.8 Å². The number of hydrogen-bond acceptors (Lipinski definition) is 1. The number of fused-ring (bicyclic) bond motifs is 1. The quantitative estimate of drug-likeness (QED) is 0.485. The lowest BCUT2D eigenvalue weighted by Crippen LogP contribution is -2.49. The molecule has 0 spiro atoms. The molecule has 0 aromatic carbocycles. The van der Waals surface area contributed by atoms with Crippen LogP contribution in [0.25, 0.3) is 0 Å². The normalized spacial score (nSPS) is 33.2. The SMILES string of the molecule is C=C1CC[C@@H]2C(C)(C)CCC[C@@]2(C)[C@H]1CCC(C)=CCCC(C)=O. The van der Waals surface area contributed by atoms with Gasteiger partial charge < -0.3 is 4.79 Å². The molecule has 0 amide bonds. The van der Waals surface area contributed by atoms with Crippen LogP contribution in [0.1, 0.15) is 92.4 Å². The zero-order chi connectivity index (χ0) is 18.0. The maximum absolute atomic E-state index is 11.1. The summed E-state index contributed by atoms with van der Waals surface area (Å²) >= 11 is 0. The van der Waals surface area contributed by atoms with Crippen LogP contribution in [0.5, 0.6) is 0 Å². The number of Topliss-reactive ketones (excluding diaryl/α,β-unsaturated/α-hetero) is 1. The monoisotopic (exact) mass is 330 g/mol. The first-order chi connectivity index (χ1) is 11.2. The third-order valence-electron chi connectivity index (χ3n) is 7.14. The summed E-state index contributed by atoms with van der Waals surface area (Å²) in [4.78, 5) is 11.1. The average Bonchev–Trinajstić information content (AvgIpc) is 2.45. The first-order valence-electron chi connectivity index (χ1n) is 9.99. The summed E-state index contributed by atoms with van der Waals surface area (Å²) in [6, 6.07) is 0. The highest BCUT2D eigenvalue weighted by atomic mass is 16.1. The predicted octanol–water partition coefficient (Wildman–Crippen LogP) is 6.88. The second kappa shape index (κ2) is 7.58. The van der Waals surface area contributed by atoms with Crippen molar-refractivity contribution in [2.75, 3.05) is 0 Å². The Bertz CT molecular complexity index is 510. The highest BCUT2D eigenvalue weighted by Crippen LogP contribution is 2.61. The number of ketones is 1. The van der Waals surface area contributed by atoms with Gasteiger partial charge in [-0.1, -0.05) is 51.0 Å². The fourth-order valence-electron chi connectivity index (χ4n) is 5.80. The van der Waals surface area contributed by atoms with Crippen LogP contribution in [0.3, 0.4) is 0 Å². The maximum Gasteiger partial charge on any atom is 0.130 e. The Morgan fingerprint density at radius 3 is 2.58 bits per heavy atom. The average molecular weight is 331 g/mol. The molecule has 0 heterocycles. The van der Waals surface area contributed by atoms with E-state index in [1.54, 1.807) is 6.92 Å². The summed E-state index contributed by atoms with van der Waals surface area (Å²) in [6.07, 6.45) is 13.0. The van der Waals surface area contributed by atoms with Crippen molar-refractivity contribution in [3.63, 3.8) is 0 Å². The fourth-order valence-corrected chi connectivity index (χ4v) is 5.80. The molecule has 2 rings (SSSR count). The molecule has 24 heavy (non-hydrogen) atoms. The van der Waals surface area contributed by atoms with Gasteiger partial charge >= 0.3 is 0 Å². The standard InChI is InChI=1S/C23H38O/c1-17(9-7-10-19(3)24)11-13-20-18(2)12-14-21-22(4,5)15-8-16-23(20,21)6/h9,20-21H,2,7-8,10-16H2,1,3-6H3/t20-,21+,23-/m0/s1. The molecule has 2 aliphatic carbocycles. The van der Waals surface area contributed by atoms with E-state index in [4.69, 9.17) is 0 Å². The molecular weight excluding hydrogens is 292 g/mol. The fraction of sp³-hybridized carbons (Fsp3) is 0.783. The summed E-state index contributed by atoms with van der Waals surface area (Å²) < 4.78 is 0. The van der Waals surface area contributed by atoms with Crippen LogP contribution in [0.2, 0.25) is 0 Å². The summed E-state index contributed by atoms with van der Waals surface area (Å²) in [5.74, 6) is 1.81. The van der Waals surface area contributed by atoms with Gasteiger partial charge in [0, 0.05) is 6.42 Å². The Kier molecular flexibility index (Phi) is 6.15. The lowest BCUT2D eigenvalue weighted by Gasteiger charge is -2.58. The highest BCUT2D eigenvalue weighted by molar-refractivity contribution is 5.75. The molecule has 2 aliphatic rings. The second-order valence-corrected chi connectivity index (χ2v) is 9.48. The Balaban J connectivity index is 2.04. The van der Waals surface area contributed by atoms with Crippen molar-refractivity contribution in [2.45, 2.75) is 92.4 Å².